The monoisotopic (exact) mass is 461 g/mol. The molecule has 2 nitrogen and oxygen atoms in total. The summed E-state index contributed by atoms with van der Waals surface area (Å²) < 4.78 is 0.724. The molecule has 1 N–H and O–H groups in total. The normalized spacial score (nSPS) is 11.1. The van der Waals surface area contributed by atoms with Crippen molar-refractivity contribution in [3.8, 4) is 0 Å². The van der Waals surface area contributed by atoms with Gasteiger partial charge in [-0.05, 0) is 6.42 Å². The average Bonchev–Trinajstić information content (AvgIpc) is 2.60. The van der Waals surface area contributed by atoms with Crippen LogP contribution >= 0.6 is 0 Å². The molecular formula is C22H45O2Sn. The van der Waals surface area contributed by atoms with Crippen LogP contribution in [-0.2, 0) is 4.79 Å². The van der Waals surface area contributed by atoms with Gasteiger partial charge in [0.05, 0.1) is 0 Å². The second-order valence-corrected chi connectivity index (χ2v) is 10.4. The molecule has 0 heterocycles. The first-order valence-electron chi connectivity index (χ1n) is 10.9. The summed E-state index contributed by atoms with van der Waals surface area (Å²) in [5.74, 6) is -0.659. The summed E-state index contributed by atoms with van der Waals surface area (Å²) in [6.45, 7) is 9.18. The summed E-state index contributed by atoms with van der Waals surface area (Å²) in [6.07, 6.45) is 19.9. The molecule has 25 heavy (non-hydrogen) atoms. The Balaban J connectivity index is 0. The molecule has 0 bridgehead atoms. The predicted octanol–water partition coefficient (Wildman–Crippen LogP) is 7.71. The van der Waals surface area contributed by atoms with Gasteiger partial charge < -0.3 is 5.11 Å². The first kappa shape index (κ1) is 27.5. The van der Waals surface area contributed by atoms with Crippen LogP contribution in [0.25, 0.3) is 0 Å². The van der Waals surface area contributed by atoms with Gasteiger partial charge in [0.1, 0.15) is 0 Å². The van der Waals surface area contributed by atoms with Gasteiger partial charge in [-0.25, -0.2) is 0 Å². The number of rotatable bonds is 16. The van der Waals surface area contributed by atoms with Crippen LogP contribution in [0.4, 0.5) is 0 Å². The van der Waals surface area contributed by atoms with E-state index >= 15 is 0 Å². The van der Waals surface area contributed by atoms with Crippen LogP contribution in [-0.4, -0.2) is 33.6 Å². The molecule has 3 radical (unpaired) electrons. The van der Waals surface area contributed by atoms with E-state index in [1.165, 1.54) is 83.5 Å². The predicted molar refractivity (Wildman–Crippen MR) is 113 cm³/mol. The fourth-order valence-corrected chi connectivity index (χ4v) is 3.41. The second-order valence-electron chi connectivity index (χ2n) is 7.42. The fourth-order valence-electron chi connectivity index (χ4n) is 2.90. The van der Waals surface area contributed by atoms with Crippen molar-refractivity contribution in [1.29, 1.82) is 0 Å². The van der Waals surface area contributed by atoms with Crippen LogP contribution < -0.4 is 0 Å². The summed E-state index contributed by atoms with van der Waals surface area (Å²) in [4.78, 5) is 10.2. The zero-order valence-electron chi connectivity index (χ0n) is 17.7. The first-order chi connectivity index (χ1) is 12.0. The van der Waals surface area contributed by atoms with Gasteiger partial charge in [0.2, 0.25) is 0 Å². The van der Waals surface area contributed by atoms with E-state index in [1.807, 2.05) is 0 Å². The third-order valence-corrected chi connectivity index (χ3v) is 7.84. The molecule has 0 aromatic rings. The van der Waals surface area contributed by atoms with Gasteiger partial charge in [-0.3, -0.25) is 4.79 Å². The van der Waals surface area contributed by atoms with Gasteiger partial charge in [-0.2, -0.15) is 0 Å². The van der Waals surface area contributed by atoms with Crippen molar-refractivity contribution in [3.05, 3.63) is 0 Å². The molecule has 0 aliphatic rings. The molecule has 3 heteroatoms. The number of hydrogen-bond acceptors (Lipinski definition) is 1. The van der Waals surface area contributed by atoms with Crippen LogP contribution in [0.2, 0.25) is 3.43 Å². The van der Waals surface area contributed by atoms with Gasteiger partial charge in [-0.15, -0.1) is 0 Å². The van der Waals surface area contributed by atoms with Crippen molar-refractivity contribution in [2.24, 2.45) is 0 Å². The molecule has 0 spiro atoms. The van der Waals surface area contributed by atoms with E-state index in [9.17, 15) is 4.79 Å². The second kappa shape index (κ2) is 20.6. The number of unbranched alkanes of at least 4 members (excludes halogenated alkanes) is 10. The number of carboxylic acid groups (broad SMARTS) is 1. The van der Waals surface area contributed by atoms with Crippen molar-refractivity contribution >= 4 is 28.5 Å². The van der Waals surface area contributed by atoms with Crippen LogP contribution in [0.15, 0.2) is 0 Å². The van der Waals surface area contributed by atoms with Crippen molar-refractivity contribution in [2.75, 3.05) is 0 Å². The third-order valence-electron chi connectivity index (χ3n) is 5.11. The minimum absolute atomic E-state index is 0.343. The maximum atomic E-state index is 10.2. The van der Waals surface area contributed by atoms with Crippen molar-refractivity contribution in [2.45, 2.75) is 134 Å². The van der Waals surface area contributed by atoms with E-state index in [4.69, 9.17) is 5.11 Å². The fraction of sp³-hybridized carbons (Fsp3) is 0.955. The number of hydrogen-bond donors (Lipinski definition) is 1. The Morgan fingerprint density at radius 2 is 1.12 bits per heavy atom. The summed E-state index contributed by atoms with van der Waals surface area (Å²) in [5.41, 5.74) is 0. The molecule has 0 aliphatic carbocycles. The van der Waals surface area contributed by atoms with E-state index < -0.39 is 5.97 Å². The van der Waals surface area contributed by atoms with E-state index in [1.54, 1.807) is 22.5 Å². The SMILES string of the molecule is CCCCCCCCCCCC(=O)O.CCCCC[C]([Sn])(CC)CC. The average molecular weight is 460 g/mol. The molecule has 0 saturated carbocycles. The van der Waals surface area contributed by atoms with Gasteiger partial charge in [0, 0.05) is 6.42 Å². The van der Waals surface area contributed by atoms with Gasteiger partial charge in [0.15, 0.2) is 0 Å². The van der Waals surface area contributed by atoms with Crippen molar-refractivity contribution in [1.82, 2.24) is 0 Å². The Morgan fingerprint density at radius 1 is 0.720 bits per heavy atom. The molecule has 0 fully saturated rings. The molecule has 0 aliphatic heterocycles. The Morgan fingerprint density at radius 3 is 1.52 bits per heavy atom. The summed E-state index contributed by atoms with van der Waals surface area (Å²) in [7, 11) is 0. The standard InChI is InChI=1S/C12H24O2.C10H21.Sn/c1-2-3-4-5-6-7-8-9-10-11-12(13)14;1-4-7-8-9-10(5-2)6-3;/h2-11H2,1H3,(H,13,14);4-9H2,1-3H3;. The first-order valence-corrected chi connectivity index (χ1v) is 12.3. The van der Waals surface area contributed by atoms with Crippen LogP contribution in [0.1, 0.15) is 130 Å². The minimum atomic E-state index is -0.659. The molecule has 0 saturated heterocycles. The van der Waals surface area contributed by atoms with Crippen molar-refractivity contribution < 1.29 is 9.90 Å². The topological polar surface area (TPSA) is 37.3 Å². The Bertz CT molecular complexity index is 275. The van der Waals surface area contributed by atoms with Gasteiger partial charge >= 0.3 is 91.2 Å². The number of carbonyl (C=O) groups is 1. The molecule has 0 unspecified atom stereocenters. The molecule has 0 amide bonds. The van der Waals surface area contributed by atoms with E-state index in [-0.39, 0.29) is 0 Å². The Labute approximate surface area is 172 Å². The van der Waals surface area contributed by atoms with Crippen molar-refractivity contribution in [3.63, 3.8) is 0 Å². The van der Waals surface area contributed by atoms with E-state index in [0.717, 1.165) is 16.3 Å². The number of carboxylic acids is 1. The molecule has 0 aromatic heterocycles. The molecule has 0 aromatic carbocycles. The van der Waals surface area contributed by atoms with Gasteiger partial charge in [-0.1, -0.05) is 58.3 Å². The van der Waals surface area contributed by atoms with Crippen LogP contribution in [0, 0.1) is 0 Å². The van der Waals surface area contributed by atoms with E-state index in [0.29, 0.717) is 6.42 Å². The molecule has 0 atom stereocenters. The zero-order valence-corrected chi connectivity index (χ0v) is 20.5. The van der Waals surface area contributed by atoms with Crippen LogP contribution in [0.3, 0.4) is 0 Å². The van der Waals surface area contributed by atoms with Crippen LogP contribution in [0.5, 0.6) is 0 Å². The summed E-state index contributed by atoms with van der Waals surface area (Å²) in [6, 6.07) is 0. The van der Waals surface area contributed by atoms with E-state index in [2.05, 4.69) is 27.7 Å². The third kappa shape index (κ3) is 22.2. The Hall–Kier alpha value is 0.269. The summed E-state index contributed by atoms with van der Waals surface area (Å²) in [5, 5.41) is 8.41. The quantitative estimate of drug-likeness (QED) is 0.189. The molecular weight excluding hydrogens is 415 g/mol. The summed E-state index contributed by atoms with van der Waals surface area (Å²) >= 11 is 1.75. The Kier molecular flexibility index (Phi) is 22.6. The van der Waals surface area contributed by atoms with Gasteiger partial charge in [0.25, 0.3) is 0 Å². The molecule has 149 valence electrons. The maximum absolute atomic E-state index is 10.2. The number of aliphatic carboxylic acids is 1. The molecule has 0 rings (SSSR count). The zero-order chi connectivity index (χ0) is 19.4.